The molecule has 2 heterocycles. The average Bonchev–Trinajstić information content (AvgIpc) is 3.61. The Morgan fingerprint density at radius 3 is 2.52 bits per heavy atom. The number of aliphatic carboxylic acids is 1. The molecule has 0 radical (unpaired) electrons. The Bertz CT molecular complexity index is 1630. The maximum absolute atomic E-state index is 15.7. The van der Waals surface area contributed by atoms with Crippen LogP contribution in [-0.4, -0.2) is 75.7 Å². The Hall–Kier alpha value is -3.56. The van der Waals surface area contributed by atoms with E-state index in [0.29, 0.717) is 67.4 Å². The van der Waals surface area contributed by atoms with E-state index in [0.717, 1.165) is 18.4 Å². The molecule has 2 aromatic carbocycles. The molecule has 0 spiro atoms. The first-order valence-corrected chi connectivity index (χ1v) is 14.9. The van der Waals surface area contributed by atoms with Gasteiger partial charge in [-0.1, -0.05) is 29.8 Å². The molecule has 3 aromatic rings. The number of amides is 1. The second kappa shape index (κ2) is 10.9. The summed E-state index contributed by atoms with van der Waals surface area (Å²) in [6.07, 6.45) is 5.43. The lowest BCUT2D eigenvalue weighted by molar-refractivity contribution is -0.141. The van der Waals surface area contributed by atoms with E-state index >= 15 is 4.39 Å². The fraction of sp³-hybridized carbons (Fsp3) is 0.438. The fourth-order valence-electron chi connectivity index (χ4n) is 6.42. The lowest BCUT2D eigenvalue weighted by Crippen LogP contribution is -2.34. The van der Waals surface area contributed by atoms with E-state index in [1.165, 1.54) is 4.68 Å². The molecule has 1 aliphatic heterocycles. The topological polar surface area (TPSA) is 95.7 Å². The molecule has 1 aromatic heterocycles. The molecular weight excluding hydrogens is 559 g/mol. The molecule has 42 heavy (non-hydrogen) atoms. The molecule has 1 saturated heterocycles. The van der Waals surface area contributed by atoms with Gasteiger partial charge >= 0.3 is 5.97 Å². The number of alkyl halides is 1. The van der Waals surface area contributed by atoms with Crippen LogP contribution in [0.5, 0.6) is 0 Å². The normalized spacial score (nSPS) is 21.8. The van der Waals surface area contributed by atoms with Gasteiger partial charge in [0, 0.05) is 35.6 Å². The number of aromatic nitrogens is 2. The summed E-state index contributed by atoms with van der Waals surface area (Å²) in [6, 6.07) is 10.4. The number of fused-ring (bicyclic) bond motifs is 1. The van der Waals surface area contributed by atoms with Crippen molar-refractivity contribution in [3.8, 4) is 0 Å². The average molecular weight is 593 g/mol. The maximum atomic E-state index is 15.7. The van der Waals surface area contributed by atoms with E-state index in [1.54, 1.807) is 36.4 Å². The van der Waals surface area contributed by atoms with Gasteiger partial charge in [0.2, 0.25) is 0 Å². The zero-order chi connectivity index (χ0) is 29.8. The van der Waals surface area contributed by atoms with E-state index in [-0.39, 0.29) is 28.1 Å². The zero-order valence-corrected chi connectivity index (χ0v) is 24.5. The van der Waals surface area contributed by atoms with Crippen molar-refractivity contribution < 1.29 is 23.9 Å². The van der Waals surface area contributed by atoms with Crippen molar-refractivity contribution in [3.63, 3.8) is 0 Å². The molecule has 2 atom stereocenters. The third-order valence-electron chi connectivity index (χ3n) is 9.22. The summed E-state index contributed by atoms with van der Waals surface area (Å²) in [4.78, 5) is 43.3. The smallest absolute Gasteiger partial charge is 0.306 e. The molecule has 1 N–H and O–H groups in total. The SMILES string of the molecule is CN(C)[C@@H]1CCN(C(=O)c2ccc3c(C4=CCC(C(=O)O)CC4)nn(C(=O)c4c(Cl)cccc4C4(F)CCC4)c3c2)C1. The van der Waals surface area contributed by atoms with Crippen LogP contribution in [-0.2, 0) is 10.5 Å². The molecule has 1 amide bonds. The third kappa shape index (κ3) is 4.92. The molecule has 6 rings (SSSR count). The van der Waals surface area contributed by atoms with Crippen molar-refractivity contribution in [2.45, 2.75) is 56.7 Å². The summed E-state index contributed by atoms with van der Waals surface area (Å²) >= 11 is 6.56. The highest BCUT2D eigenvalue weighted by Gasteiger charge is 2.42. The summed E-state index contributed by atoms with van der Waals surface area (Å²) < 4.78 is 17.0. The molecule has 0 bridgehead atoms. The molecular formula is C32H34ClFN4O4. The predicted molar refractivity (Wildman–Crippen MR) is 158 cm³/mol. The van der Waals surface area contributed by atoms with Gasteiger partial charge in [0.25, 0.3) is 11.8 Å². The monoisotopic (exact) mass is 592 g/mol. The van der Waals surface area contributed by atoms with E-state index < -0.39 is 23.5 Å². The van der Waals surface area contributed by atoms with Gasteiger partial charge in [-0.2, -0.15) is 9.78 Å². The van der Waals surface area contributed by atoms with Gasteiger partial charge in [0.05, 0.1) is 27.7 Å². The van der Waals surface area contributed by atoms with Gasteiger partial charge in [-0.3, -0.25) is 14.4 Å². The van der Waals surface area contributed by atoms with Gasteiger partial charge in [-0.25, -0.2) is 4.39 Å². The summed E-state index contributed by atoms with van der Waals surface area (Å²) in [5.74, 6) is -1.98. The summed E-state index contributed by atoms with van der Waals surface area (Å²) in [5.41, 5.74) is 0.977. The number of rotatable bonds is 6. The molecule has 10 heteroatoms. The number of likely N-dealkylation sites (tertiary alicyclic amines) is 1. The Morgan fingerprint density at radius 1 is 1.12 bits per heavy atom. The minimum absolute atomic E-state index is 0.0750. The highest BCUT2D eigenvalue weighted by molar-refractivity contribution is 6.34. The zero-order valence-electron chi connectivity index (χ0n) is 23.8. The largest absolute Gasteiger partial charge is 0.481 e. The van der Waals surface area contributed by atoms with Crippen LogP contribution in [0.2, 0.25) is 5.02 Å². The van der Waals surface area contributed by atoms with E-state index in [2.05, 4.69) is 4.90 Å². The van der Waals surface area contributed by atoms with Crippen LogP contribution in [0.3, 0.4) is 0 Å². The van der Waals surface area contributed by atoms with Crippen molar-refractivity contribution in [2.75, 3.05) is 27.2 Å². The number of halogens is 2. The number of carbonyl (C=O) groups is 3. The molecule has 2 aliphatic carbocycles. The number of hydrogen-bond donors (Lipinski definition) is 1. The van der Waals surface area contributed by atoms with Crippen LogP contribution in [0, 0.1) is 5.92 Å². The second-order valence-electron chi connectivity index (χ2n) is 12.0. The highest BCUT2D eigenvalue weighted by atomic mass is 35.5. The van der Waals surface area contributed by atoms with Crippen molar-refractivity contribution in [2.24, 2.45) is 5.92 Å². The van der Waals surface area contributed by atoms with Crippen LogP contribution in [0.15, 0.2) is 42.5 Å². The van der Waals surface area contributed by atoms with Crippen LogP contribution in [0.25, 0.3) is 16.5 Å². The number of carbonyl (C=O) groups excluding carboxylic acids is 2. The lowest BCUT2D eigenvalue weighted by atomic mass is 9.75. The Labute approximate surface area is 248 Å². The number of allylic oxidation sites excluding steroid dienone is 2. The first-order valence-electron chi connectivity index (χ1n) is 14.5. The first kappa shape index (κ1) is 28.6. The van der Waals surface area contributed by atoms with Crippen LogP contribution < -0.4 is 0 Å². The Morgan fingerprint density at radius 2 is 1.90 bits per heavy atom. The number of carboxylic acid groups (broad SMARTS) is 1. The first-order chi connectivity index (χ1) is 20.1. The number of nitrogens with zero attached hydrogens (tertiary/aromatic N) is 4. The quantitative estimate of drug-likeness (QED) is 0.390. The number of carboxylic acids is 1. The van der Waals surface area contributed by atoms with Gasteiger partial charge in [-0.15, -0.1) is 0 Å². The summed E-state index contributed by atoms with van der Waals surface area (Å²) in [7, 11) is 4.01. The summed E-state index contributed by atoms with van der Waals surface area (Å²) in [6.45, 7) is 1.26. The predicted octanol–water partition coefficient (Wildman–Crippen LogP) is 5.77. The van der Waals surface area contributed by atoms with Crippen molar-refractivity contribution in [1.29, 1.82) is 0 Å². The number of likely N-dealkylation sites (N-methyl/N-ethyl adjacent to an activating group) is 1. The van der Waals surface area contributed by atoms with Gasteiger partial charge in [-0.05, 0) is 88.9 Å². The third-order valence-corrected chi connectivity index (χ3v) is 9.54. The number of benzene rings is 2. The Balaban J connectivity index is 1.46. The highest BCUT2D eigenvalue weighted by Crippen LogP contribution is 2.47. The molecule has 1 unspecified atom stereocenters. The summed E-state index contributed by atoms with van der Waals surface area (Å²) in [5, 5.41) is 15.0. The van der Waals surface area contributed by atoms with Crippen LogP contribution >= 0.6 is 11.6 Å². The van der Waals surface area contributed by atoms with Gasteiger partial charge in [0.1, 0.15) is 5.67 Å². The van der Waals surface area contributed by atoms with E-state index in [1.807, 2.05) is 25.1 Å². The standard InChI is InChI=1S/C32H34ClFN4O4/c1-36(2)22-13-16-37(18-22)29(39)21-11-12-23-26(17-21)38(35-28(23)19-7-9-20(10-8-19)31(41)42)30(40)27-24(5-3-6-25(27)33)32(34)14-4-15-32/h3,5-7,11-12,17,20,22H,4,8-10,13-16,18H2,1-2H3,(H,41,42)/t20?,22-/m1/s1. The van der Waals surface area contributed by atoms with Crippen molar-refractivity contribution >= 4 is 45.9 Å². The minimum atomic E-state index is -1.63. The lowest BCUT2D eigenvalue weighted by Gasteiger charge is -2.35. The van der Waals surface area contributed by atoms with Crippen molar-refractivity contribution in [3.05, 3.63) is 69.9 Å². The molecule has 3 aliphatic rings. The van der Waals surface area contributed by atoms with Gasteiger partial charge < -0.3 is 14.9 Å². The van der Waals surface area contributed by atoms with Gasteiger partial charge in [0.15, 0.2) is 0 Å². The van der Waals surface area contributed by atoms with Crippen LogP contribution in [0.1, 0.15) is 76.9 Å². The van der Waals surface area contributed by atoms with Crippen LogP contribution in [0.4, 0.5) is 4.39 Å². The maximum Gasteiger partial charge on any atom is 0.306 e. The van der Waals surface area contributed by atoms with E-state index in [4.69, 9.17) is 16.7 Å². The molecule has 1 saturated carbocycles. The molecule has 2 fully saturated rings. The van der Waals surface area contributed by atoms with Crippen molar-refractivity contribution in [1.82, 2.24) is 19.6 Å². The molecule has 220 valence electrons. The minimum Gasteiger partial charge on any atom is -0.481 e. The Kier molecular flexibility index (Phi) is 7.43. The molecule has 8 nitrogen and oxygen atoms in total. The van der Waals surface area contributed by atoms with E-state index in [9.17, 15) is 19.5 Å². The fourth-order valence-corrected chi connectivity index (χ4v) is 6.68. The second-order valence-corrected chi connectivity index (χ2v) is 12.4. The number of hydrogen-bond acceptors (Lipinski definition) is 5.